The van der Waals surface area contributed by atoms with Gasteiger partial charge in [-0.25, -0.2) is 0 Å². The molecule has 1 N–H and O–H groups in total. The molecule has 0 spiro atoms. The summed E-state index contributed by atoms with van der Waals surface area (Å²) in [6, 6.07) is 14.8. The summed E-state index contributed by atoms with van der Waals surface area (Å²) in [4.78, 5) is 12.9. The molecule has 1 unspecified atom stereocenters. The fraction of sp³-hybridized carbons (Fsp3) is 0.158. The van der Waals surface area contributed by atoms with Gasteiger partial charge in [-0.2, -0.15) is 0 Å². The van der Waals surface area contributed by atoms with Crippen molar-refractivity contribution < 1.29 is 9.32 Å². The predicted molar refractivity (Wildman–Crippen MR) is 102 cm³/mol. The Kier molecular flexibility index (Phi) is 5.25. The molecule has 0 radical (unpaired) electrons. The first-order valence-electron chi connectivity index (χ1n) is 7.75. The zero-order valence-electron chi connectivity index (χ0n) is 13.7. The molecule has 0 aliphatic rings. The number of halogens is 2. The molecule has 6 heteroatoms. The van der Waals surface area contributed by atoms with Gasteiger partial charge in [0.1, 0.15) is 17.0 Å². The standard InChI is InChI=1S/C19H16BrClN2O2/c1-11(13-7-3-5-9-15(13)20)22-19(24)17-12(2)25-23-18(17)14-8-4-6-10-16(14)21/h3-11H,1-2H3,(H,22,24). The van der Waals surface area contributed by atoms with E-state index in [1.54, 1.807) is 13.0 Å². The van der Waals surface area contributed by atoms with Crippen molar-refractivity contribution in [1.29, 1.82) is 0 Å². The van der Waals surface area contributed by atoms with Crippen LogP contribution in [0, 0.1) is 6.92 Å². The molecule has 0 saturated carbocycles. The van der Waals surface area contributed by atoms with E-state index >= 15 is 0 Å². The van der Waals surface area contributed by atoms with Gasteiger partial charge >= 0.3 is 0 Å². The number of rotatable bonds is 4. The predicted octanol–water partition coefficient (Wildman–Crippen LogP) is 5.56. The molecule has 0 aliphatic heterocycles. The summed E-state index contributed by atoms with van der Waals surface area (Å²) < 4.78 is 6.20. The fourth-order valence-corrected chi connectivity index (χ4v) is 3.50. The maximum Gasteiger partial charge on any atom is 0.257 e. The van der Waals surface area contributed by atoms with E-state index in [9.17, 15) is 4.79 Å². The summed E-state index contributed by atoms with van der Waals surface area (Å²) in [6.45, 7) is 3.64. The Bertz CT molecular complexity index is 923. The van der Waals surface area contributed by atoms with Gasteiger partial charge in [0.15, 0.2) is 0 Å². The first-order valence-corrected chi connectivity index (χ1v) is 8.92. The van der Waals surface area contributed by atoms with E-state index in [2.05, 4.69) is 26.4 Å². The first kappa shape index (κ1) is 17.7. The van der Waals surface area contributed by atoms with Gasteiger partial charge in [0, 0.05) is 10.0 Å². The number of nitrogens with one attached hydrogen (secondary N) is 1. The second kappa shape index (κ2) is 7.42. The number of hydrogen-bond acceptors (Lipinski definition) is 3. The molecule has 1 heterocycles. The van der Waals surface area contributed by atoms with Crippen LogP contribution in [-0.4, -0.2) is 11.1 Å². The molecule has 1 amide bonds. The summed E-state index contributed by atoms with van der Waals surface area (Å²) in [5, 5.41) is 7.55. The highest BCUT2D eigenvalue weighted by molar-refractivity contribution is 9.10. The lowest BCUT2D eigenvalue weighted by Crippen LogP contribution is -2.27. The van der Waals surface area contributed by atoms with Crippen LogP contribution in [-0.2, 0) is 0 Å². The maximum absolute atomic E-state index is 12.9. The minimum absolute atomic E-state index is 0.184. The van der Waals surface area contributed by atoms with E-state index in [1.807, 2.05) is 49.4 Å². The molecule has 128 valence electrons. The Morgan fingerprint density at radius 1 is 1.20 bits per heavy atom. The molecule has 0 saturated heterocycles. The molecular weight excluding hydrogens is 404 g/mol. The van der Waals surface area contributed by atoms with Crippen LogP contribution >= 0.6 is 27.5 Å². The Balaban J connectivity index is 1.92. The van der Waals surface area contributed by atoms with Crippen LogP contribution in [0.5, 0.6) is 0 Å². The summed E-state index contributed by atoms with van der Waals surface area (Å²) in [5.74, 6) is 0.198. The van der Waals surface area contributed by atoms with Crippen molar-refractivity contribution in [1.82, 2.24) is 10.5 Å². The molecule has 3 aromatic rings. The summed E-state index contributed by atoms with van der Waals surface area (Å²) in [6.07, 6.45) is 0. The van der Waals surface area contributed by atoms with Gasteiger partial charge in [0.25, 0.3) is 5.91 Å². The van der Waals surface area contributed by atoms with Crippen molar-refractivity contribution in [2.45, 2.75) is 19.9 Å². The second-order valence-corrected chi connectivity index (χ2v) is 6.92. The lowest BCUT2D eigenvalue weighted by Gasteiger charge is -2.16. The summed E-state index contributed by atoms with van der Waals surface area (Å²) in [7, 11) is 0. The Hall–Kier alpha value is -2.11. The number of amides is 1. The van der Waals surface area contributed by atoms with Crippen LogP contribution in [0.1, 0.15) is 34.6 Å². The second-order valence-electron chi connectivity index (χ2n) is 5.66. The molecule has 0 bridgehead atoms. The third-order valence-corrected chi connectivity index (χ3v) is 4.99. The molecule has 0 fully saturated rings. The van der Waals surface area contributed by atoms with Crippen LogP contribution in [0.3, 0.4) is 0 Å². The molecule has 25 heavy (non-hydrogen) atoms. The average molecular weight is 420 g/mol. The van der Waals surface area contributed by atoms with Gasteiger partial charge in [0.2, 0.25) is 0 Å². The lowest BCUT2D eigenvalue weighted by molar-refractivity contribution is 0.0939. The van der Waals surface area contributed by atoms with E-state index in [0.717, 1.165) is 10.0 Å². The Labute approximate surface area is 159 Å². The Morgan fingerprint density at radius 3 is 2.60 bits per heavy atom. The number of carbonyl (C=O) groups excluding carboxylic acids is 1. The van der Waals surface area contributed by atoms with Gasteiger partial charge in [0.05, 0.1) is 11.1 Å². The molecule has 2 aromatic carbocycles. The van der Waals surface area contributed by atoms with E-state index < -0.39 is 0 Å². The van der Waals surface area contributed by atoms with Gasteiger partial charge in [-0.3, -0.25) is 4.79 Å². The van der Waals surface area contributed by atoms with Gasteiger partial charge in [-0.05, 0) is 31.5 Å². The molecule has 4 nitrogen and oxygen atoms in total. The lowest BCUT2D eigenvalue weighted by atomic mass is 10.0. The fourth-order valence-electron chi connectivity index (χ4n) is 2.65. The summed E-state index contributed by atoms with van der Waals surface area (Å²) >= 11 is 9.76. The maximum atomic E-state index is 12.9. The topological polar surface area (TPSA) is 55.1 Å². The zero-order chi connectivity index (χ0) is 18.0. The Morgan fingerprint density at radius 2 is 1.88 bits per heavy atom. The van der Waals surface area contributed by atoms with E-state index in [4.69, 9.17) is 16.1 Å². The van der Waals surface area contributed by atoms with Crippen molar-refractivity contribution in [3.63, 3.8) is 0 Å². The first-order chi connectivity index (χ1) is 12.0. The molecule has 3 rings (SSSR count). The monoisotopic (exact) mass is 418 g/mol. The largest absolute Gasteiger partial charge is 0.360 e. The number of carbonyl (C=O) groups is 1. The van der Waals surface area contributed by atoms with Crippen molar-refractivity contribution >= 4 is 33.4 Å². The van der Waals surface area contributed by atoms with E-state index in [1.165, 1.54) is 0 Å². The molecule has 0 aliphatic carbocycles. The quantitative estimate of drug-likeness (QED) is 0.602. The number of nitrogens with zero attached hydrogens (tertiary/aromatic N) is 1. The SMILES string of the molecule is Cc1onc(-c2ccccc2Cl)c1C(=O)NC(C)c1ccccc1Br. The number of aromatic nitrogens is 1. The minimum atomic E-state index is -0.253. The minimum Gasteiger partial charge on any atom is -0.360 e. The van der Waals surface area contributed by atoms with Crippen LogP contribution in [0.25, 0.3) is 11.3 Å². The third kappa shape index (κ3) is 3.62. The average Bonchev–Trinajstić information content (AvgIpc) is 2.97. The third-order valence-electron chi connectivity index (χ3n) is 3.94. The summed E-state index contributed by atoms with van der Waals surface area (Å²) in [5.41, 5.74) is 2.50. The van der Waals surface area contributed by atoms with Crippen LogP contribution in [0.15, 0.2) is 57.5 Å². The van der Waals surface area contributed by atoms with Crippen molar-refractivity contribution in [3.8, 4) is 11.3 Å². The highest BCUT2D eigenvalue weighted by Gasteiger charge is 2.24. The molecular formula is C19H16BrClN2O2. The van der Waals surface area contributed by atoms with Crippen molar-refractivity contribution in [2.75, 3.05) is 0 Å². The van der Waals surface area contributed by atoms with Gasteiger partial charge in [-0.15, -0.1) is 0 Å². The van der Waals surface area contributed by atoms with Crippen LogP contribution in [0.4, 0.5) is 0 Å². The van der Waals surface area contributed by atoms with E-state index in [-0.39, 0.29) is 11.9 Å². The van der Waals surface area contributed by atoms with Gasteiger partial charge < -0.3 is 9.84 Å². The molecule has 1 atom stereocenters. The van der Waals surface area contributed by atoms with Gasteiger partial charge in [-0.1, -0.05) is 69.1 Å². The number of benzene rings is 2. The number of aryl methyl sites for hydroxylation is 1. The number of hydrogen-bond donors (Lipinski definition) is 1. The van der Waals surface area contributed by atoms with E-state index in [0.29, 0.717) is 27.6 Å². The zero-order valence-corrected chi connectivity index (χ0v) is 16.1. The highest BCUT2D eigenvalue weighted by Crippen LogP contribution is 2.31. The smallest absolute Gasteiger partial charge is 0.257 e. The molecule has 1 aromatic heterocycles. The van der Waals surface area contributed by atoms with Crippen molar-refractivity contribution in [2.24, 2.45) is 0 Å². The normalized spacial score (nSPS) is 12.0. The highest BCUT2D eigenvalue weighted by atomic mass is 79.9. The van der Waals surface area contributed by atoms with Crippen LogP contribution < -0.4 is 5.32 Å². The van der Waals surface area contributed by atoms with Crippen LogP contribution in [0.2, 0.25) is 5.02 Å². The van der Waals surface area contributed by atoms with Crippen molar-refractivity contribution in [3.05, 3.63) is 74.9 Å².